The second-order valence-corrected chi connectivity index (χ2v) is 4.31. The molecule has 1 aromatic carbocycles. The summed E-state index contributed by atoms with van der Waals surface area (Å²) in [5.41, 5.74) is 1.05. The largest absolute Gasteiger partial charge is 0.378 e. The first-order chi connectivity index (χ1) is 8.72. The van der Waals surface area contributed by atoms with Gasteiger partial charge in [-0.3, -0.25) is 4.79 Å². The Bertz CT molecular complexity index is 499. The Labute approximate surface area is 111 Å². The molecule has 0 aromatic heterocycles. The molecule has 1 aliphatic rings. The first kappa shape index (κ1) is 12.7. The zero-order valence-electron chi connectivity index (χ0n) is 9.76. The van der Waals surface area contributed by atoms with Crippen LogP contribution < -0.4 is 0 Å². The van der Waals surface area contributed by atoms with Crippen LogP contribution in [0.4, 0.5) is 0 Å². The highest BCUT2D eigenvalue weighted by atomic mass is 32.1. The molecule has 0 atom stereocenters. The first-order valence-electron chi connectivity index (χ1n) is 5.64. The van der Waals surface area contributed by atoms with Crippen LogP contribution in [0, 0.1) is 11.3 Å². The van der Waals surface area contributed by atoms with E-state index in [2.05, 4.69) is 0 Å². The van der Waals surface area contributed by atoms with Crippen molar-refractivity contribution >= 4 is 23.0 Å². The van der Waals surface area contributed by atoms with Gasteiger partial charge >= 0.3 is 0 Å². The molecular formula is C13H12N2O2S. The number of thiocarbonyl (C=S) groups is 1. The third-order valence-corrected chi connectivity index (χ3v) is 3.21. The lowest BCUT2D eigenvalue weighted by Crippen LogP contribution is -2.43. The van der Waals surface area contributed by atoms with Gasteiger partial charge in [0.15, 0.2) is 4.99 Å². The highest BCUT2D eigenvalue weighted by molar-refractivity contribution is 7.82. The lowest BCUT2D eigenvalue weighted by atomic mass is 10.1. The third-order valence-electron chi connectivity index (χ3n) is 2.77. The lowest BCUT2D eigenvalue weighted by molar-refractivity contribution is 0.0670. The fraction of sp³-hybridized carbons (Fsp3) is 0.308. The van der Waals surface area contributed by atoms with E-state index in [-0.39, 0.29) is 5.78 Å². The van der Waals surface area contributed by atoms with Crippen LogP contribution in [0.1, 0.15) is 15.9 Å². The summed E-state index contributed by atoms with van der Waals surface area (Å²) in [5, 5.41) is 8.70. The predicted molar refractivity (Wildman–Crippen MR) is 70.5 cm³/mol. The number of ether oxygens (including phenoxy) is 1. The van der Waals surface area contributed by atoms with E-state index in [4.69, 9.17) is 22.2 Å². The first-order valence-corrected chi connectivity index (χ1v) is 6.04. The van der Waals surface area contributed by atoms with Crippen molar-refractivity contribution in [2.75, 3.05) is 26.3 Å². The summed E-state index contributed by atoms with van der Waals surface area (Å²) < 4.78 is 5.22. The molecule has 1 aliphatic heterocycles. The molecule has 1 aromatic rings. The van der Waals surface area contributed by atoms with Crippen LogP contribution in [0.3, 0.4) is 0 Å². The minimum absolute atomic E-state index is 0.170. The summed E-state index contributed by atoms with van der Waals surface area (Å²) >= 11 is 5.20. The molecule has 18 heavy (non-hydrogen) atoms. The van der Waals surface area contributed by atoms with Gasteiger partial charge in [-0.1, -0.05) is 12.2 Å². The maximum absolute atomic E-state index is 12.1. The van der Waals surface area contributed by atoms with Gasteiger partial charge in [0.05, 0.1) is 24.8 Å². The van der Waals surface area contributed by atoms with Crippen molar-refractivity contribution in [2.45, 2.75) is 0 Å². The Hall–Kier alpha value is -1.77. The molecule has 0 unspecified atom stereocenters. The van der Waals surface area contributed by atoms with Gasteiger partial charge in [-0.25, -0.2) is 0 Å². The number of carbonyl (C=O) groups is 1. The molecular weight excluding hydrogens is 248 g/mol. The number of nitrogens with zero attached hydrogens (tertiary/aromatic N) is 2. The van der Waals surface area contributed by atoms with Gasteiger partial charge in [-0.15, -0.1) is 0 Å². The highest BCUT2D eigenvalue weighted by Gasteiger charge is 2.20. The number of Topliss-reactive ketones (excluding diaryl/α,β-unsaturated/α-hetero) is 1. The van der Waals surface area contributed by atoms with Crippen molar-refractivity contribution in [1.82, 2.24) is 4.90 Å². The van der Waals surface area contributed by atoms with Gasteiger partial charge in [0, 0.05) is 18.7 Å². The number of hydrogen-bond donors (Lipinski definition) is 0. The number of morpholine rings is 1. The van der Waals surface area contributed by atoms with Gasteiger partial charge < -0.3 is 9.64 Å². The second-order valence-electron chi connectivity index (χ2n) is 3.92. The average Bonchev–Trinajstić information content (AvgIpc) is 2.47. The fourth-order valence-corrected chi connectivity index (χ4v) is 2.03. The van der Waals surface area contributed by atoms with Crippen molar-refractivity contribution in [2.24, 2.45) is 0 Å². The molecule has 0 spiro atoms. The number of hydrogen-bond acceptors (Lipinski definition) is 4. The molecule has 0 aliphatic carbocycles. The highest BCUT2D eigenvalue weighted by Crippen LogP contribution is 2.09. The summed E-state index contributed by atoms with van der Waals surface area (Å²) in [6, 6.07) is 8.52. The maximum Gasteiger partial charge on any atom is 0.220 e. The minimum Gasteiger partial charge on any atom is -0.378 e. The zero-order chi connectivity index (χ0) is 13.0. The Balaban J connectivity index is 2.10. The number of rotatable bonds is 2. The van der Waals surface area contributed by atoms with Gasteiger partial charge in [-0.2, -0.15) is 5.26 Å². The fourth-order valence-electron chi connectivity index (χ4n) is 1.73. The van der Waals surface area contributed by atoms with E-state index in [1.54, 1.807) is 24.3 Å². The molecule has 0 saturated carbocycles. The lowest BCUT2D eigenvalue weighted by Gasteiger charge is -2.28. The van der Waals surface area contributed by atoms with E-state index in [1.165, 1.54) is 0 Å². The summed E-state index contributed by atoms with van der Waals surface area (Å²) in [7, 11) is 0. The number of carbonyl (C=O) groups excluding carboxylic acids is 1. The van der Waals surface area contributed by atoms with Crippen LogP contribution in [-0.2, 0) is 4.74 Å². The Morgan fingerprint density at radius 2 is 1.89 bits per heavy atom. The van der Waals surface area contributed by atoms with Crippen LogP contribution in [0.25, 0.3) is 0 Å². The standard InChI is InChI=1S/C13H12N2O2S/c14-9-10-1-3-11(4-2-10)12(16)13(18)15-5-7-17-8-6-15/h1-4H,5-8H2. The smallest absolute Gasteiger partial charge is 0.220 e. The van der Waals surface area contributed by atoms with Crippen LogP contribution in [0.15, 0.2) is 24.3 Å². The Kier molecular flexibility index (Phi) is 4.03. The molecule has 92 valence electrons. The Morgan fingerprint density at radius 3 is 2.44 bits per heavy atom. The van der Waals surface area contributed by atoms with Crippen molar-refractivity contribution in [3.8, 4) is 6.07 Å². The monoisotopic (exact) mass is 260 g/mol. The SMILES string of the molecule is N#Cc1ccc(C(=O)C(=S)N2CCOCC2)cc1. The van der Waals surface area contributed by atoms with Crippen LogP contribution in [-0.4, -0.2) is 42.0 Å². The maximum atomic E-state index is 12.1. The summed E-state index contributed by atoms with van der Waals surface area (Å²) in [5.74, 6) is -0.170. The van der Waals surface area contributed by atoms with Crippen LogP contribution in [0.2, 0.25) is 0 Å². The van der Waals surface area contributed by atoms with E-state index in [0.717, 1.165) is 0 Å². The van der Waals surface area contributed by atoms with E-state index < -0.39 is 0 Å². The molecule has 1 fully saturated rings. The Morgan fingerprint density at radius 1 is 1.28 bits per heavy atom. The molecule has 0 N–H and O–H groups in total. The molecule has 4 nitrogen and oxygen atoms in total. The van der Waals surface area contributed by atoms with Gasteiger partial charge in [0.2, 0.25) is 5.78 Å². The molecule has 1 heterocycles. The third kappa shape index (κ3) is 2.73. The number of ketones is 1. The van der Waals surface area contributed by atoms with Crippen LogP contribution >= 0.6 is 12.2 Å². The summed E-state index contributed by atoms with van der Waals surface area (Å²) in [6.07, 6.45) is 0. The molecule has 0 amide bonds. The quantitative estimate of drug-likeness (QED) is 0.594. The summed E-state index contributed by atoms with van der Waals surface area (Å²) in [4.78, 5) is 14.3. The van der Waals surface area contributed by atoms with Gasteiger partial charge in [0.1, 0.15) is 0 Å². The number of nitriles is 1. The van der Waals surface area contributed by atoms with Crippen molar-refractivity contribution in [3.05, 3.63) is 35.4 Å². The average molecular weight is 260 g/mol. The van der Waals surface area contributed by atoms with Crippen molar-refractivity contribution < 1.29 is 9.53 Å². The summed E-state index contributed by atoms with van der Waals surface area (Å²) in [6.45, 7) is 2.50. The van der Waals surface area contributed by atoms with E-state index in [0.29, 0.717) is 42.4 Å². The molecule has 2 rings (SSSR count). The van der Waals surface area contributed by atoms with Crippen molar-refractivity contribution in [3.63, 3.8) is 0 Å². The zero-order valence-corrected chi connectivity index (χ0v) is 10.6. The van der Waals surface area contributed by atoms with E-state index >= 15 is 0 Å². The number of benzene rings is 1. The van der Waals surface area contributed by atoms with E-state index in [9.17, 15) is 4.79 Å². The molecule has 1 saturated heterocycles. The van der Waals surface area contributed by atoms with E-state index in [1.807, 2.05) is 11.0 Å². The predicted octanol–water partition coefficient (Wildman–Crippen LogP) is 1.40. The normalized spacial score (nSPS) is 14.9. The molecule has 5 heteroatoms. The van der Waals surface area contributed by atoms with Crippen LogP contribution in [0.5, 0.6) is 0 Å². The molecule has 0 radical (unpaired) electrons. The minimum atomic E-state index is -0.170. The van der Waals surface area contributed by atoms with Gasteiger partial charge in [0.25, 0.3) is 0 Å². The van der Waals surface area contributed by atoms with Crippen molar-refractivity contribution in [1.29, 1.82) is 5.26 Å². The van der Waals surface area contributed by atoms with Gasteiger partial charge in [-0.05, 0) is 24.3 Å². The molecule has 0 bridgehead atoms. The topological polar surface area (TPSA) is 53.3 Å². The second kappa shape index (κ2) is 5.71.